The van der Waals surface area contributed by atoms with Crippen molar-refractivity contribution >= 4 is 28.9 Å². The summed E-state index contributed by atoms with van der Waals surface area (Å²) in [6.07, 6.45) is -4.43. The summed E-state index contributed by atoms with van der Waals surface area (Å²) in [5.41, 5.74) is 4.70. The van der Waals surface area contributed by atoms with Crippen molar-refractivity contribution in [2.75, 3.05) is 25.1 Å². The fourth-order valence-electron chi connectivity index (χ4n) is 2.61. The van der Waals surface area contributed by atoms with Gasteiger partial charge in [0.05, 0.1) is 25.4 Å². The van der Waals surface area contributed by atoms with Crippen molar-refractivity contribution in [3.63, 3.8) is 0 Å². The van der Waals surface area contributed by atoms with Crippen LogP contribution in [0, 0.1) is 0 Å². The van der Waals surface area contributed by atoms with Gasteiger partial charge in [-0.05, 0) is 69.4 Å². The Labute approximate surface area is 189 Å². The molecule has 0 saturated heterocycles. The van der Waals surface area contributed by atoms with E-state index >= 15 is 0 Å². The second kappa shape index (κ2) is 11.4. The van der Waals surface area contributed by atoms with Crippen LogP contribution in [0.4, 0.5) is 18.9 Å². The molecule has 11 heteroatoms. The quantitative estimate of drug-likeness (QED) is 0.386. The topological polar surface area (TPSA) is 80.9 Å². The van der Waals surface area contributed by atoms with Gasteiger partial charge in [-0.15, -0.1) is 0 Å². The van der Waals surface area contributed by atoms with E-state index in [9.17, 15) is 18.0 Å². The van der Waals surface area contributed by atoms with E-state index in [-0.39, 0.29) is 10.7 Å². The van der Waals surface area contributed by atoms with Gasteiger partial charge in [-0.1, -0.05) is 0 Å². The molecule has 2 rings (SSSR count). The highest BCUT2D eigenvalue weighted by Gasteiger charge is 2.30. The molecule has 0 aliphatic carbocycles. The Balaban J connectivity index is 2.07. The molecule has 1 amide bonds. The second-order valence-corrected chi connectivity index (χ2v) is 6.62. The summed E-state index contributed by atoms with van der Waals surface area (Å²) in [6.45, 7) is 6.52. The Bertz CT molecular complexity index is 910. The van der Waals surface area contributed by atoms with E-state index in [0.717, 1.165) is 12.1 Å². The lowest BCUT2D eigenvalue weighted by Crippen LogP contribution is -2.43. The lowest BCUT2D eigenvalue weighted by atomic mass is 10.1. The molecule has 3 N–H and O–H groups in total. The number of hydrazine groups is 1. The predicted molar refractivity (Wildman–Crippen MR) is 118 cm³/mol. The van der Waals surface area contributed by atoms with Crippen LogP contribution in [0.15, 0.2) is 36.4 Å². The number of anilines is 1. The van der Waals surface area contributed by atoms with E-state index in [1.54, 1.807) is 13.8 Å². The van der Waals surface area contributed by atoms with Crippen molar-refractivity contribution in [1.82, 2.24) is 10.9 Å². The van der Waals surface area contributed by atoms with E-state index in [1.165, 1.54) is 24.3 Å². The molecule has 2 aromatic carbocycles. The first kappa shape index (κ1) is 25.1. The molecule has 0 saturated carbocycles. The molecule has 0 bridgehead atoms. The van der Waals surface area contributed by atoms with Gasteiger partial charge in [-0.3, -0.25) is 15.6 Å². The van der Waals surface area contributed by atoms with E-state index in [0.29, 0.717) is 42.8 Å². The third kappa shape index (κ3) is 6.91. The number of rotatable bonds is 8. The molecule has 32 heavy (non-hydrogen) atoms. The number of halogens is 3. The number of nitrogens with one attached hydrogen (secondary N) is 3. The molecular weight excluding hydrogens is 447 g/mol. The minimum Gasteiger partial charge on any atom is -0.490 e. The van der Waals surface area contributed by atoms with Crippen LogP contribution in [0.25, 0.3) is 0 Å². The number of hydrogen-bond donors (Lipinski definition) is 3. The first-order valence-corrected chi connectivity index (χ1v) is 10.2. The van der Waals surface area contributed by atoms with Gasteiger partial charge in [0.1, 0.15) is 0 Å². The molecule has 0 aromatic heterocycles. The number of alkyl halides is 3. The Morgan fingerprint density at radius 3 is 1.91 bits per heavy atom. The highest BCUT2D eigenvalue weighted by molar-refractivity contribution is 7.80. The van der Waals surface area contributed by atoms with Crippen molar-refractivity contribution in [1.29, 1.82) is 0 Å². The highest BCUT2D eigenvalue weighted by Crippen LogP contribution is 2.39. The molecule has 0 fully saturated rings. The van der Waals surface area contributed by atoms with Gasteiger partial charge in [0.15, 0.2) is 16.6 Å². The molecule has 174 valence electrons. The minimum atomic E-state index is -4.43. The Kier molecular flexibility index (Phi) is 8.94. The summed E-state index contributed by atoms with van der Waals surface area (Å²) in [5.74, 6) is 0.582. The number of amides is 1. The molecule has 0 atom stereocenters. The molecule has 0 aliphatic heterocycles. The summed E-state index contributed by atoms with van der Waals surface area (Å²) in [4.78, 5) is 12.6. The Hall–Kier alpha value is -3.21. The zero-order chi connectivity index (χ0) is 23.7. The van der Waals surface area contributed by atoms with Crippen LogP contribution in [0.3, 0.4) is 0 Å². The monoisotopic (exact) mass is 471 g/mol. The zero-order valence-corrected chi connectivity index (χ0v) is 18.6. The number of ether oxygens (including phenoxy) is 3. The smallest absolute Gasteiger partial charge is 0.416 e. The maximum atomic E-state index is 12.6. The minimum absolute atomic E-state index is 0.0147. The maximum Gasteiger partial charge on any atom is 0.416 e. The van der Waals surface area contributed by atoms with Gasteiger partial charge in [0.2, 0.25) is 5.75 Å². The van der Waals surface area contributed by atoms with Crippen LogP contribution in [0.5, 0.6) is 17.2 Å². The molecule has 0 unspecified atom stereocenters. The fraction of sp³-hybridized carbons (Fsp3) is 0.333. The van der Waals surface area contributed by atoms with E-state index in [1.807, 2.05) is 6.92 Å². The van der Waals surface area contributed by atoms with E-state index in [2.05, 4.69) is 16.2 Å². The Morgan fingerprint density at radius 1 is 0.906 bits per heavy atom. The first-order chi connectivity index (χ1) is 15.2. The Morgan fingerprint density at radius 2 is 1.44 bits per heavy atom. The van der Waals surface area contributed by atoms with Crippen molar-refractivity contribution in [2.24, 2.45) is 0 Å². The summed E-state index contributed by atoms with van der Waals surface area (Å²) < 4.78 is 54.7. The summed E-state index contributed by atoms with van der Waals surface area (Å²) in [6, 6.07) is 7.34. The van der Waals surface area contributed by atoms with E-state index in [4.69, 9.17) is 26.4 Å². The zero-order valence-electron chi connectivity index (χ0n) is 17.8. The normalized spacial score (nSPS) is 10.8. The number of hydrogen-bond acceptors (Lipinski definition) is 5. The van der Waals surface area contributed by atoms with Crippen LogP contribution in [-0.4, -0.2) is 30.8 Å². The van der Waals surface area contributed by atoms with Gasteiger partial charge >= 0.3 is 6.18 Å². The van der Waals surface area contributed by atoms with Gasteiger partial charge in [0.25, 0.3) is 5.91 Å². The number of benzene rings is 2. The maximum absolute atomic E-state index is 12.6. The van der Waals surface area contributed by atoms with Crippen LogP contribution in [0.2, 0.25) is 0 Å². The average molecular weight is 472 g/mol. The van der Waals surface area contributed by atoms with Crippen LogP contribution >= 0.6 is 12.2 Å². The summed E-state index contributed by atoms with van der Waals surface area (Å²) >= 11 is 5.07. The largest absolute Gasteiger partial charge is 0.490 e. The number of carbonyl (C=O) groups is 1. The third-order valence-electron chi connectivity index (χ3n) is 3.93. The lowest BCUT2D eigenvalue weighted by molar-refractivity contribution is -0.137. The van der Waals surface area contributed by atoms with Crippen molar-refractivity contribution in [3.05, 3.63) is 47.5 Å². The number of carbonyl (C=O) groups excluding carboxylic acids is 1. The predicted octanol–water partition coefficient (Wildman–Crippen LogP) is 4.53. The van der Waals surface area contributed by atoms with Crippen molar-refractivity contribution in [3.8, 4) is 17.2 Å². The molecule has 0 radical (unpaired) electrons. The van der Waals surface area contributed by atoms with Crippen LogP contribution < -0.4 is 30.4 Å². The highest BCUT2D eigenvalue weighted by atomic mass is 32.1. The second-order valence-electron chi connectivity index (χ2n) is 6.21. The lowest BCUT2D eigenvalue weighted by Gasteiger charge is -2.17. The molecule has 0 aliphatic rings. The standard InChI is InChI=1S/C21H24F3N3O4S/c1-4-29-16-11-13(12-17(30-5-2)18(16)31-6-3)19(28)26-27-20(32)25-15-9-7-14(8-10-15)21(22,23)24/h7-12H,4-6H2,1-3H3,(H,26,28)(H2,25,27,32). The van der Waals surface area contributed by atoms with Crippen molar-refractivity contribution < 1.29 is 32.2 Å². The number of thiocarbonyl (C=S) groups is 1. The fourth-order valence-corrected chi connectivity index (χ4v) is 2.78. The summed E-state index contributed by atoms with van der Waals surface area (Å²) in [7, 11) is 0. The average Bonchev–Trinajstić information content (AvgIpc) is 2.74. The van der Waals surface area contributed by atoms with Crippen molar-refractivity contribution in [2.45, 2.75) is 26.9 Å². The van der Waals surface area contributed by atoms with E-state index < -0.39 is 17.6 Å². The van der Waals surface area contributed by atoms with Gasteiger partial charge in [-0.25, -0.2) is 0 Å². The third-order valence-corrected chi connectivity index (χ3v) is 4.14. The summed E-state index contributed by atoms with van der Waals surface area (Å²) in [5, 5.41) is 2.67. The molecule has 0 spiro atoms. The van der Waals surface area contributed by atoms with Gasteiger partial charge in [0, 0.05) is 11.3 Å². The van der Waals surface area contributed by atoms with Gasteiger partial charge in [-0.2, -0.15) is 13.2 Å². The van der Waals surface area contributed by atoms with Gasteiger partial charge < -0.3 is 19.5 Å². The SMILES string of the molecule is CCOc1cc(C(=O)NNC(=S)Nc2ccc(C(F)(F)F)cc2)cc(OCC)c1OCC. The van der Waals surface area contributed by atoms with Crippen LogP contribution in [0.1, 0.15) is 36.7 Å². The first-order valence-electron chi connectivity index (χ1n) is 9.80. The molecule has 2 aromatic rings. The molecule has 0 heterocycles. The molecular formula is C21H24F3N3O4S. The molecule has 7 nitrogen and oxygen atoms in total. The van der Waals surface area contributed by atoms with Crippen LogP contribution in [-0.2, 0) is 6.18 Å².